The van der Waals surface area contributed by atoms with Gasteiger partial charge < -0.3 is 15.2 Å². The van der Waals surface area contributed by atoms with Crippen LogP contribution in [0.3, 0.4) is 0 Å². The summed E-state index contributed by atoms with van der Waals surface area (Å²) in [6, 6.07) is 0.351. The van der Waals surface area contributed by atoms with Crippen molar-refractivity contribution in [3.63, 3.8) is 0 Å². The average molecular weight is 290 g/mol. The van der Waals surface area contributed by atoms with Gasteiger partial charge in [0.05, 0.1) is 5.69 Å². The van der Waals surface area contributed by atoms with E-state index in [4.69, 9.17) is 0 Å². The molecule has 3 rings (SSSR count). The molecule has 2 aliphatic rings. The molecule has 21 heavy (non-hydrogen) atoms. The van der Waals surface area contributed by atoms with Gasteiger partial charge in [0.1, 0.15) is 5.69 Å². The predicted molar refractivity (Wildman–Crippen MR) is 78.3 cm³/mol. The van der Waals surface area contributed by atoms with Crippen LogP contribution in [-0.4, -0.2) is 33.4 Å². The van der Waals surface area contributed by atoms with Gasteiger partial charge in [-0.2, -0.15) is 0 Å². The number of carbonyl (C=O) groups is 2. The normalized spacial score (nSPS) is 17.5. The third-order valence-electron chi connectivity index (χ3n) is 3.87. The minimum Gasteiger partial charge on any atom is -0.348 e. The largest absolute Gasteiger partial charge is 0.348 e. The molecule has 0 aromatic carbocycles. The Morgan fingerprint density at radius 1 is 1.24 bits per heavy atom. The fourth-order valence-electron chi connectivity index (χ4n) is 2.71. The molecule has 0 bridgehead atoms. The Hall–Kier alpha value is -1.85. The highest BCUT2D eigenvalue weighted by molar-refractivity contribution is 5.97. The third-order valence-corrected chi connectivity index (χ3v) is 3.87. The van der Waals surface area contributed by atoms with E-state index < -0.39 is 0 Å². The van der Waals surface area contributed by atoms with Crippen molar-refractivity contribution in [1.82, 2.24) is 20.2 Å². The van der Waals surface area contributed by atoms with Crippen molar-refractivity contribution >= 4 is 11.8 Å². The van der Waals surface area contributed by atoms with Gasteiger partial charge in [-0.15, -0.1) is 0 Å². The van der Waals surface area contributed by atoms with E-state index in [0.29, 0.717) is 17.6 Å². The van der Waals surface area contributed by atoms with Gasteiger partial charge in [-0.1, -0.05) is 0 Å². The number of imidazole rings is 1. The second-order valence-corrected chi connectivity index (χ2v) is 6.22. The molecule has 2 N–H and O–H groups in total. The number of nitrogens with zero attached hydrogens (tertiary/aromatic N) is 2. The number of fused-ring (bicyclic) bond motifs is 1. The smallest absolute Gasteiger partial charge is 0.287 e. The van der Waals surface area contributed by atoms with Crippen molar-refractivity contribution in [3.05, 3.63) is 17.2 Å². The zero-order valence-electron chi connectivity index (χ0n) is 12.6. The van der Waals surface area contributed by atoms with Crippen LogP contribution in [0.4, 0.5) is 0 Å². The number of amides is 2. The number of rotatable bonds is 4. The molecular weight excluding hydrogens is 268 g/mol. The second-order valence-electron chi connectivity index (χ2n) is 6.22. The first kappa shape index (κ1) is 14.1. The molecule has 114 valence electrons. The first-order chi connectivity index (χ1) is 10.1. The molecule has 1 fully saturated rings. The van der Waals surface area contributed by atoms with E-state index in [-0.39, 0.29) is 17.9 Å². The quantitative estimate of drug-likeness (QED) is 0.876. The lowest BCUT2D eigenvalue weighted by atomic mass is 10.1. The van der Waals surface area contributed by atoms with E-state index >= 15 is 0 Å². The minimum atomic E-state index is -0.180. The van der Waals surface area contributed by atoms with Crippen LogP contribution in [0, 0.1) is 0 Å². The Morgan fingerprint density at radius 2 is 2.00 bits per heavy atom. The van der Waals surface area contributed by atoms with Gasteiger partial charge in [0.2, 0.25) is 0 Å². The van der Waals surface area contributed by atoms with Gasteiger partial charge in [-0.3, -0.25) is 9.59 Å². The average Bonchev–Trinajstić information content (AvgIpc) is 3.16. The van der Waals surface area contributed by atoms with Crippen LogP contribution in [0.25, 0.3) is 0 Å². The fraction of sp³-hybridized carbons (Fsp3) is 0.667. The van der Waals surface area contributed by atoms with E-state index in [1.807, 2.05) is 18.4 Å². The van der Waals surface area contributed by atoms with Crippen molar-refractivity contribution in [1.29, 1.82) is 0 Å². The number of hydrogen-bond donors (Lipinski definition) is 2. The van der Waals surface area contributed by atoms with E-state index in [1.54, 1.807) is 0 Å². The molecule has 1 aromatic heterocycles. The SMILES string of the molecule is CC(C)NC(=O)c1nc(C(=O)NC2CC2)n2c1CCCC2. The van der Waals surface area contributed by atoms with Crippen molar-refractivity contribution in [2.45, 2.75) is 64.6 Å². The standard InChI is InChI=1S/C15H22N4O2/c1-9(2)16-14(20)12-11-5-3-4-8-19(11)13(18-12)15(21)17-10-6-7-10/h9-10H,3-8H2,1-2H3,(H,16,20)(H,17,21). The monoisotopic (exact) mass is 290 g/mol. The van der Waals surface area contributed by atoms with Crippen molar-refractivity contribution in [2.24, 2.45) is 0 Å². The van der Waals surface area contributed by atoms with Crippen LogP contribution in [0.15, 0.2) is 0 Å². The molecule has 0 saturated heterocycles. The van der Waals surface area contributed by atoms with Crippen LogP contribution in [-0.2, 0) is 13.0 Å². The van der Waals surface area contributed by atoms with Crippen molar-refractivity contribution in [3.8, 4) is 0 Å². The van der Waals surface area contributed by atoms with Crippen LogP contribution in [0.1, 0.15) is 66.3 Å². The van der Waals surface area contributed by atoms with Crippen molar-refractivity contribution < 1.29 is 9.59 Å². The van der Waals surface area contributed by atoms with Gasteiger partial charge in [0, 0.05) is 18.6 Å². The summed E-state index contributed by atoms with van der Waals surface area (Å²) in [6.07, 6.45) is 4.96. The molecule has 2 amide bonds. The summed E-state index contributed by atoms with van der Waals surface area (Å²) in [5.74, 6) is 0.0656. The van der Waals surface area contributed by atoms with Crippen molar-refractivity contribution in [2.75, 3.05) is 0 Å². The molecule has 1 saturated carbocycles. The zero-order valence-corrected chi connectivity index (χ0v) is 12.6. The molecule has 1 aromatic rings. The van der Waals surface area contributed by atoms with Gasteiger partial charge in [0.15, 0.2) is 5.82 Å². The Labute approximate surface area is 124 Å². The van der Waals surface area contributed by atoms with Gasteiger partial charge in [0.25, 0.3) is 11.8 Å². The third kappa shape index (κ3) is 2.94. The molecule has 6 heteroatoms. The lowest BCUT2D eigenvalue weighted by Gasteiger charge is -2.17. The number of aromatic nitrogens is 2. The highest BCUT2D eigenvalue weighted by Gasteiger charge is 2.30. The summed E-state index contributed by atoms with van der Waals surface area (Å²) in [7, 11) is 0. The summed E-state index contributed by atoms with van der Waals surface area (Å²) in [5, 5.41) is 5.83. The van der Waals surface area contributed by atoms with Gasteiger partial charge >= 0.3 is 0 Å². The molecule has 1 aliphatic heterocycles. The van der Waals surface area contributed by atoms with E-state index in [9.17, 15) is 9.59 Å². The topological polar surface area (TPSA) is 76.0 Å². The number of carbonyl (C=O) groups excluding carboxylic acids is 2. The maximum Gasteiger partial charge on any atom is 0.287 e. The fourth-order valence-corrected chi connectivity index (χ4v) is 2.71. The first-order valence-electron chi connectivity index (χ1n) is 7.77. The van der Waals surface area contributed by atoms with E-state index in [1.165, 1.54) is 0 Å². The van der Waals surface area contributed by atoms with Crippen LogP contribution in [0.2, 0.25) is 0 Å². The molecule has 0 radical (unpaired) electrons. The minimum absolute atomic E-state index is 0.0576. The van der Waals surface area contributed by atoms with Crippen LogP contribution < -0.4 is 10.6 Å². The lowest BCUT2D eigenvalue weighted by molar-refractivity contribution is 0.0934. The summed E-state index contributed by atoms with van der Waals surface area (Å²) in [4.78, 5) is 28.9. The highest BCUT2D eigenvalue weighted by Crippen LogP contribution is 2.23. The molecule has 6 nitrogen and oxygen atoms in total. The summed E-state index contributed by atoms with van der Waals surface area (Å²) in [5.41, 5.74) is 1.32. The Kier molecular flexibility index (Phi) is 3.69. The van der Waals surface area contributed by atoms with Gasteiger partial charge in [-0.05, 0) is 46.0 Å². The Bertz CT molecular complexity index is 532. The second kappa shape index (κ2) is 5.50. The zero-order chi connectivity index (χ0) is 15.0. The Morgan fingerprint density at radius 3 is 2.67 bits per heavy atom. The lowest BCUT2D eigenvalue weighted by Crippen LogP contribution is -2.31. The summed E-state index contributed by atoms with van der Waals surface area (Å²) in [6.45, 7) is 4.60. The summed E-state index contributed by atoms with van der Waals surface area (Å²) >= 11 is 0. The number of hydrogen-bond acceptors (Lipinski definition) is 3. The maximum absolute atomic E-state index is 12.3. The Balaban J connectivity index is 1.91. The molecule has 1 aliphatic carbocycles. The first-order valence-corrected chi connectivity index (χ1v) is 7.77. The summed E-state index contributed by atoms with van der Waals surface area (Å²) < 4.78 is 1.93. The molecular formula is C15H22N4O2. The van der Waals surface area contributed by atoms with E-state index in [0.717, 1.165) is 44.3 Å². The van der Waals surface area contributed by atoms with Gasteiger partial charge in [-0.25, -0.2) is 4.98 Å². The van der Waals surface area contributed by atoms with E-state index in [2.05, 4.69) is 15.6 Å². The molecule has 0 atom stereocenters. The number of nitrogens with one attached hydrogen (secondary N) is 2. The van der Waals surface area contributed by atoms with Crippen LogP contribution >= 0.6 is 0 Å². The maximum atomic E-state index is 12.3. The predicted octanol–water partition coefficient (Wildman–Crippen LogP) is 1.25. The molecule has 0 spiro atoms. The van der Waals surface area contributed by atoms with Crippen LogP contribution in [0.5, 0.6) is 0 Å². The molecule has 0 unspecified atom stereocenters. The highest BCUT2D eigenvalue weighted by atomic mass is 16.2. The molecule has 2 heterocycles.